The van der Waals surface area contributed by atoms with Crippen molar-refractivity contribution in [3.8, 4) is 0 Å². The summed E-state index contributed by atoms with van der Waals surface area (Å²) in [6, 6.07) is 6.86. The molecule has 0 aromatic heterocycles. The molecule has 4 amide bonds. The predicted molar refractivity (Wildman–Crippen MR) is 200 cm³/mol. The van der Waals surface area contributed by atoms with E-state index < -0.39 is 42.4 Å². The number of likely N-dealkylation sites (tertiary alicyclic amines) is 1. The molecule has 1 aromatic carbocycles. The lowest BCUT2D eigenvalue weighted by molar-refractivity contribution is -0.144. The van der Waals surface area contributed by atoms with Crippen molar-refractivity contribution < 1.29 is 33.8 Å². The van der Waals surface area contributed by atoms with Crippen LogP contribution >= 0.6 is 0 Å². The monoisotopic (exact) mass is 718 g/mol. The summed E-state index contributed by atoms with van der Waals surface area (Å²) in [5, 5.41) is 19.4. The Morgan fingerprint density at radius 1 is 0.941 bits per heavy atom. The van der Waals surface area contributed by atoms with Crippen LogP contribution in [0.2, 0.25) is 0 Å². The second-order valence-electron chi connectivity index (χ2n) is 15.0. The average molecular weight is 718 g/mol. The maximum Gasteiger partial charge on any atom is 0.244 e. The minimum Gasteiger partial charge on any atom is -0.386 e. The quantitative estimate of drug-likeness (QED) is 0.159. The van der Waals surface area contributed by atoms with Gasteiger partial charge in [-0.2, -0.15) is 0 Å². The van der Waals surface area contributed by atoms with Crippen LogP contribution in [0.4, 0.5) is 0 Å². The molecule has 0 radical (unpaired) electrons. The Bertz CT molecular complexity index is 1250. The van der Waals surface area contributed by atoms with Crippen LogP contribution in [0.1, 0.15) is 92.7 Å². The number of imide groups is 1. The first-order valence-electron chi connectivity index (χ1n) is 18.7. The summed E-state index contributed by atoms with van der Waals surface area (Å²) in [4.78, 5) is 58.1. The van der Waals surface area contributed by atoms with Crippen LogP contribution in [0.25, 0.3) is 0 Å². The lowest BCUT2D eigenvalue weighted by Gasteiger charge is -2.43. The number of carbonyl (C=O) groups is 4. The van der Waals surface area contributed by atoms with Crippen LogP contribution in [0.15, 0.2) is 30.3 Å². The van der Waals surface area contributed by atoms with Gasteiger partial charge in [0.25, 0.3) is 0 Å². The molecule has 1 fully saturated rings. The Kier molecular flexibility index (Phi) is 18.2. The molecule has 51 heavy (non-hydrogen) atoms. The smallest absolute Gasteiger partial charge is 0.244 e. The van der Waals surface area contributed by atoms with Crippen LogP contribution in [0.3, 0.4) is 0 Å². The van der Waals surface area contributed by atoms with Crippen LogP contribution in [0.5, 0.6) is 0 Å². The summed E-state index contributed by atoms with van der Waals surface area (Å²) >= 11 is 0. The first kappa shape index (κ1) is 44.3. The molecule has 0 spiro atoms. The SMILES string of the molecule is CC[C@H](C)C([C@@H](CC(=O)N1CCC[C@H]1C(OC)[C@@H](C)C(=O)N[C@H](C)[C@@H](O)c1ccccc1)OC)N(C)[C@H](C(=O)NC(=O)[C@@H](NC)C(C)C)C(C)C. The fourth-order valence-electron chi connectivity index (χ4n) is 7.75. The average Bonchev–Trinajstić information content (AvgIpc) is 3.57. The summed E-state index contributed by atoms with van der Waals surface area (Å²) < 4.78 is 12.0. The number of rotatable bonds is 20. The van der Waals surface area contributed by atoms with Crippen LogP contribution < -0.4 is 16.0 Å². The zero-order valence-electron chi connectivity index (χ0n) is 33.1. The molecule has 1 aliphatic heterocycles. The molecule has 1 saturated heterocycles. The molecule has 4 N–H and O–H groups in total. The third-order valence-electron chi connectivity index (χ3n) is 10.8. The Morgan fingerprint density at radius 3 is 2.08 bits per heavy atom. The van der Waals surface area contributed by atoms with Crippen molar-refractivity contribution in [1.82, 2.24) is 25.8 Å². The van der Waals surface area contributed by atoms with E-state index in [9.17, 15) is 24.3 Å². The minimum atomic E-state index is -0.873. The van der Waals surface area contributed by atoms with Crippen molar-refractivity contribution in [2.24, 2.45) is 23.7 Å². The van der Waals surface area contributed by atoms with E-state index >= 15 is 0 Å². The molecule has 1 heterocycles. The van der Waals surface area contributed by atoms with Gasteiger partial charge in [-0.05, 0) is 57.2 Å². The fraction of sp³-hybridized carbons (Fsp3) is 0.744. The van der Waals surface area contributed by atoms with E-state index in [4.69, 9.17) is 9.47 Å². The van der Waals surface area contributed by atoms with E-state index in [1.807, 2.05) is 74.9 Å². The van der Waals surface area contributed by atoms with Gasteiger partial charge in [0.2, 0.25) is 23.6 Å². The van der Waals surface area contributed by atoms with Crippen molar-refractivity contribution in [2.75, 3.05) is 34.9 Å². The van der Waals surface area contributed by atoms with Gasteiger partial charge in [-0.1, -0.05) is 85.2 Å². The van der Waals surface area contributed by atoms with Gasteiger partial charge in [0, 0.05) is 26.8 Å². The van der Waals surface area contributed by atoms with E-state index in [2.05, 4.69) is 29.8 Å². The van der Waals surface area contributed by atoms with Crippen molar-refractivity contribution in [3.63, 3.8) is 0 Å². The number of amides is 4. The summed E-state index contributed by atoms with van der Waals surface area (Å²) in [7, 11) is 6.72. The first-order chi connectivity index (χ1) is 24.0. The van der Waals surface area contributed by atoms with Crippen LogP contribution in [-0.4, -0.2) is 116 Å². The first-order valence-corrected chi connectivity index (χ1v) is 18.7. The number of aliphatic hydroxyl groups is 1. The summed E-state index contributed by atoms with van der Waals surface area (Å²) in [5.74, 6) is -1.80. The van der Waals surface area contributed by atoms with E-state index in [1.165, 1.54) is 0 Å². The molecule has 1 aromatic rings. The van der Waals surface area contributed by atoms with E-state index in [-0.39, 0.29) is 59.9 Å². The number of carbonyl (C=O) groups excluding carboxylic acids is 4. The number of hydrogen-bond acceptors (Lipinski definition) is 9. The van der Waals surface area contributed by atoms with E-state index in [0.717, 1.165) is 12.8 Å². The van der Waals surface area contributed by atoms with Crippen molar-refractivity contribution in [3.05, 3.63) is 35.9 Å². The highest BCUT2D eigenvalue weighted by atomic mass is 16.5. The minimum absolute atomic E-state index is 0.00429. The molecule has 2 rings (SSSR count). The summed E-state index contributed by atoms with van der Waals surface area (Å²) in [5.41, 5.74) is 0.713. The molecule has 1 aliphatic rings. The lowest BCUT2D eigenvalue weighted by Crippen LogP contribution is -2.60. The van der Waals surface area contributed by atoms with Crippen molar-refractivity contribution in [2.45, 2.75) is 130 Å². The number of nitrogens with one attached hydrogen (secondary N) is 3. The zero-order valence-corrected chi connectivity index (χ0v) is 33.1. The maximum atomic E-state index is 14.2. The van der Waals surface area contributed by atoms with Gasteiger partial charge in [0.15, 0.2) is 0 Å². The number of methoxy groups -OCH3 is 2. The molecule has 2 unspecified atom stereocenters. The molecule has 12 heteroatoms. The molecule has 0 aliphatic carbocycles. The highest BCUT2D eigenvalue weighted by Crippen LogP contribution is 2.30. The summed E-state index contributed by atoms with van der Waals surface area (Å²) in [6.07, 6.45) is 0.326. The third-order valence-corrected chi connectivity index (χ3v) is 10.8. The van der Waals surface area contributed by atoms with E-state index in [1.54, 1.807) is 35.1 Å². The Balaban J connectivity index is 2.25. The molecule has 12 nitrogen and oxygen atoms in total. The normalized spacial score (nSPS) is 20.3. The number of hydrogen-bond donors (Lipinski definition) is 4. The van der Waals surface area contributed by atoms with Gasteiger partial charge >= 0.3 is 0 Å². The largest absolute Gasteiger partial charge is 0.386 e. The molecule has 0 saturated carbocycles. The zero-order chi connectivity index (χ0) is 38.6. The van der Waals surface area contributed by atoms with Gasteiger partial charge < -0.3 is 30.1 Å². The van der Waals surface area contributed by atoms with Gasteiger partial charge in [0.05, 0.1) is 54.8 Å². The number of ether oxygens (including phenoxy) is 2. The highest BCUT2D eigenvalue weighted by Gasteiger charge is 2.43. The van der Waals surface area contributed by atoms with Crippen molar-refractivity contribution in [1.29, 1.82) is 0 Å². The highest BCUT2D eigenvalue weighted by molar-refractivity contribution is 6.00. The van der Waals surface area contributed by atoms with Crippen LogP contribution in [0, 0.1) is 23.7 Å². The van der Waals surface area contributed by atoms with Gasteiger partial charge in [-0.25, -0.2) is 0 Å². The standard InChI is InChI=1S/C39H67N5O7/c1-13-25(6)34(43(10)33(24(4)5)39(49)42-38(48)32(40-9)23(2)3)30(50-11)22-31(45)44-21-17-20-29(44)36(51-12)26(7)37(47)41-27(8)35(46)28-18-15-14-16-19-28/h14-16,18-19,23-27,29-30,32-36,40,46H,13,17,20-22H2,1-12H3,(H,41,47)(H,42,48,49)/t25-,26+,27+,29-,30+,32-,33-,34?,35+,36?/m0/s1. The maximum absolute atomic E-state index is 14.2. The Labute approximate surface area is 306 Å². The molecule has 0 bridgehead atoms. The topological polar surface area (TPSA) is 150 Å². The Morgan fingerprint density at radius 2 is 1.57 bits per heavy atom. The molecule has 10 atom stereocenters. The van der Waals surface area contributed by atoms with E-state index in [0.29, 0.717) is 18.5 Å². The molecular weight excluding hydrogens is 650 g/mol. The third kappa shape index (κ3) is 11.5. The fourth-order valence-corrected chi connectivity index (χ4v) is 7.75. The lowest BCUT2D eigenvalue weighted by atomic mass is 9.87. The van der Waals surface area contributed by atoms with Gasteiger partial charge in [-0.15, -0.1) is 0 Å². The number of likely N-dealkylation sites (N-methyl/N-ethyl adjacent to an activating group) is 2. The second-order valence-corrected chi connectivity index (χ2v) is 15.0. The van der Waals surface area contributed by atoms with Gasteiger partial charge in [-0.3, -0.25) is 29.4 Å². The predicted octanol–water partition coefficient (Wildman–Crippen LogP) is 3.53. The van der Waals surface area contributed by atoms with Gasteiger partial charge in [0.1, 0.15) is 0 Å². The molecule has 290 valence electrons. The van der Waals surface area contributed by atoms with Crippen LogP contribution in [-0.2, 0) is 28.7 Å². The second kappa shape index (κ2) is 21.0. The Hall–Kier alpha value is -2.90. The van der Waals surface area contributed by atoms with Crippen molar-refractivity contribution >= 4 is 23.6 Å². The summed E-state index contributed by atoms with van der Waals surface area (Å²) in [6.45, 7) is 16.0. The number of aliphatic hydroxyl groups excluding tert-OH is 1. The number of benzene rings is 1. The number of nitrogens with zero attached hydrogens (tertiary/aromatic N) is 2. The molecular formula is C39H67N5O7.